The summed E-state index contributed by atoms with van der Waals surface area (Å²) >= 11 is 0. The summed E-state index contributed by atoms with van der Waals surface area (Å²) in [5.41, 5.74) is -2.63. The fraction of sp³-hybridized carbons (Fsp3) is 0.222. The van der Waals surface area contributed by atoms with Gasteiger partial charge in [0.1, 0.15) is 28.0 Å². The Balaban J connectivity index is 1.84. The van der Waals surface area contributed by atoms with E-state index in [-0.39, 0.29) is 59.0 Å². The van der Waals surface area contributed by atoms with Crippen LogP contribution in [-0.4, -0.2) is 76.6 Å². The van der Waals surface area contributed by atoms with E-state index in [1.165, 1.54) is 31.5 Å². The Kier molecular flexibility index (Phi) is 7.47. The third-order valence-electron chi connectivity index (χ3n) is 6.98. The Morgan fingerprint density at radius 1 is 1.19 bits per heavy atom. The molecule has 42 heavy (non-hydrogen) atoms. The number of phenolic OH excluding ortho intramolecular Hbond substituents is 1. The van der Waals surface area contributed by atoms with Crippen LogP contribution in [-0.2, 0) is 14.8 Å². The molecule has 3 aromatic heterocycles. The number of hydrogen-bond acceptors (Lipinski definition) is 9. The predicted octanol–water partition coefficient (Wildman–Crippen LogP) is 1.96. The van der Waals surface area contributed by atoms with Crippen molar-refractivity contribution in [3.05, 3.63) is 77.5 Å². The smallest absolute Gasteiger partial charge is 0.355 e. The number of amides is 1. The van der Waals surface area contributed by atoms with Gasteiger partial charge in [0.25, 0.3) is 0 Å². The number of hydrogen-bond donors (Lipinski definition) is 2. The number of aromatic hydroxyl groups is 1. The van der Waals surface area contributed by atoms with Crippen LogP contribution in [0.5, 0.6) is 5.75 Å². The normalized spacial score (nSPS) is 15.7. The van der Waals surface area contributed by atoms with Crippen molar-refractivity contribution in [3.63, 3.8) is 0 Å². The number of fused-ring (bicyclic) bond motifs is 1. The number of anilines is 1. The minimum Gasteiger partial charge on any atom is -0.507 e. The SMILES string of the molecule is C=CC(=O)N1CCN(c2nc(=O)n(-c3cnccc3S(=O)(=O)NC)c3nc(-c4c(O)cccc4F)c(F)cc23)[C@@H](C)C1. The molecule has 1 saturated heterocycles. The fourth-order valence-corrected chi connectivity index (χ4v) is 5.82. The second-order valence-electron chi connectivity index (χ2n) is 9.46. The van der Waals surface area contributed by atoms with Gasteiger partial charge < -0.3 is 14.9 Å². The van der Waals surface area contributed by atoms with Crippen LogP contribution in [0, 0.1) is 11.6 Å². The number of benzene rings is 1. The molecular formula is C27H25F2N7O5S. The highest BCUT2D eigenvalue weighted by Crippen LogP contribution is 2.36. The molecule has 0 saturated carbocycles. The zero-order valence-corrected chi connectivity index (χ0v) is 23.3. The molecular weight excluding hydrogens is 572 g/mol. The van der Waals surface area contributed by atoms with Crippen molar-refractivity contribution in [2.24, 2.45) is 0 Å². The van der Waals surface area contributed by atoms with Gasteiger partial charge in [-0.05, 0) is 44.3 Å². The van der Waals surface area contributed by atoms with E-state index < -0.39 is 44.4 Å². The number of nitrogens with zero attached hydrogens (tertiary/aromatic N) is 6. The highest BCUT2D eigenvalue weighted by Gasteiger charge is 2.31. The van der Waals surface area contributed by atoms with Crippen LogP contribution in [0.4, 0.5) is 14.6 Å². The molecule has 4 heterocycles. The van der Waals surface area contributed by atoms with Crippen molar-refractivity contribution in [2.45, 2.75) is 17.9 Å². The van der Waals surface area contributed by atoms with Crippen LogP contribution in [0.2, 0.25) is 0 Å². The van der Waals surface area contributed by atoms with Crippen molar-refractivity contribution in [3.8, 4) is 22.7 Å². The van der Waals surface area contributed by atoms with Gasteiger partial charge in [0, 0.05) is 31.9 Å². The lowest BCUT2D eigenvalue weighted by Gasteiger charge is -2.40. The van der Waals surface area contributed by atoms with Crippen molar-refractivity contribution in [1.29, 1.82) is 0 Å². The van der Waals surface area contributed by atoms with E-state index >= 15 is 4.39 Å². The van der Waals surface area contributed by atoms with Gasteiger partial charge in [0.15, 0.2) is 11.5 Å². The molecule has 218 valence electrons. The lowest BCUT2D eigenvalue weighted by Crippen LogP contribution is -2.54. The molecule has 0 spiro atoms. The van der Waals surface area contributed by atoms with Gasteiger partial charge in [0.2, 0.25) is 15.9 Å². The largest absolute Gasteiger partial charge is 0.507 e. The first-order chi connectivity index (χ1) is 20.0. The van der Waals surface area contributed by atoms with E-state index in [1.54, 1.807) is 16.7 Å². The highest BCUT2D eigenvalue weighted by atomic mass is 32.2. The number of nitrogens with one attached hydrogen (secondary N) is 1. The van der Waals surface area contributed by atoms with E-state index in [0.29, 0.717) is 0 Å². The number of rotatable bonds is 6. The monoisotopic (exact) mass is 597 g/mol. The van der Waals surface area contributed by atoms with Crippen molar-refractivity contribution in [2.75, 3.05) is 31.6 Å². The van der Waals surface area contributed by atoms with Crippen LogP contribution in [0.25, 0.3) is 28.0 Å². The number of piperazine rings is 1. The first-order valence-corrected chi connectivity index (χ1v) is 14.1. The van der Waals surface area contributed by atoms with Gasteiger partial charge in [-0.3, -0.25) is 9.78 Å². The maximum Gasteiger partial charge on any atom is 0.355 e. The first-order valence-electron chi connectivity index (χ1n) is 12.7. The number of pyridine rings is 2. The van der Waals surface area contributed by atoms with Crippen molar-refractivity contribution in [1.82, 2.24) is 29.1 Å². The molecule has 0 bridgehead atoms. The summed E-state index contributed by atoms with van der Waals surface area (Å²) in [6.07, 6.45) is 3.52. The number of halogens is 2. The maximum atomic E-state index is 15.7. The second-order valence-corrected chi connectivity index (χ2v) is 11.3. The molecule has 1 aliphatic heterocycles. The van der Waals surface area contributed by atoms with Crippen LogP contribution in [0.1, 0.15) is 6.92 Å². The Hall–Kier alpha value is -4.76. The average molecular weight is 598 g/mol. The summed E-state index contributed by atoms with van der Waals surface area (Å²) < 4.78 is 59.3. The third-order valence-corrected chi connectivity index (χ3v) is 8.44. The number of carbonyl (C=O) groups is 1. The van der Waals surface area contributed by atoms with E-state index in [2.05, 4.69) is 26.3 Å². The first kappa shape index (κ1) is 28.8. The van der Waals surface area contributed by atoms with Gasteiger partial charge >= 0.3 is 5.69 Å². The van der Waals surface area contributed by atoms with E-state index in [4.69, 9.17) is 0 Å². The molecule has 5 rings (SSSR count). The van der Waals surface area contributed by atoms with Gasteiger partial charge in [0.05, 0.1) is 22.8 Å². The quantitative estimate of drug-likeness (QED) is 0.318. The Bertz CT molecular complexity index is 1900. The summed E-state index contributed by atoms with van der Waals surface area (Å²) in [6.45, 7) is 6.02. The van der Waals surface area contributed by atoms with Gasteiger partial charge in [-0.15, -0.1) is 0 Å². The molecule has 15 heteroatoms. The summed E-state index contributed by atoms with van der Waals surface area (Å²) in [5, 5.41) is 10.4. The standard InChI is InChI=1S/C27H25F2N7O5S/c1-4-22(38)34-10-11-35(15(2)14-34)25-16-12-18(29)24(23-17(28)6-5-7-20(23)37)32-26(16)36(27(39)33-25)19-13-31-9-8-21(19)42(40,41)30-3/h4-9,12-13,15,30,37H,1,10-11,14H2,2-3H3/t15-/m0/s1. The summed E-state index contributed by atoms with van der Waals surface area (Å²) in [6, 6.07) is 5.17. The molecule has 0 radical (unpaired) electrons. The molecule has 2 N–H and O–H groups in total. The van der Waals surface area contributed by atoms with E-state index in [0.717, 1.165) is 29.0 Å². The lowest BCUT2D eigenvalue weighted by molar-refractivity contribution is -0.126. The predicted molar refractivity (Wildman–Crippen MR) is 150 cm³/mol. The number of aromatic nitrogens is 4. The Morgan fingerprint density at radius 3 is 2.62 bits per heavy atom. The lowest BCUT2D eigenvalue weighted by atomic mass is 10.1. The average Bonchev–Trinajstić information content (AvgIpc) is 2.97. The Labute approximate surface area is 238 Å². The number of sulfonamides is 1. The van der Waals surface area contributed by atoms with Crippen molar-refractivity contribution < 1.29 is 27.1 Å². The van der Waals surface area contributed by atoms with Gasteiger partial charge in [-0.25, -0.2) is 36.3 Å². The summed E-state index contributed by atoms with van der Waals surface area (Å²) in [5.74, 6) is -2.84. The highest BCUT2D eigenvalue weighted by molar-refractivity contribution is 7.89. The maximum absolute atomic E-state index is 15.7. The zero-order valence-electron chi connectivity index (χ0n) is 22.5. The molecule has 1 atom stereocenters. The summed E-state index contributed by atoms with van der Waals surface area (Å²) in [4.78, 5) is 41.3. The minimum atomic E-state index is -4.14. The van der Waals surface area contributed by atoms with E-state index in [9.17, 15) is 27.5 Å². The molecule has 1 fully saturated rings. The zero-order chi connectivity index (χ0) is 30.3. The second kappa shape index (κ2) is 10.9. The molecule has 1 aliphatic rings. The fourth-order valence-electron chi connectivity index (χ4n) is 4.94. The van der Waals surface area contributed by atoms with Crippen LogP contribution in [0.15, 0.2) is 65.1 Å². The minimum absolute atomic E-state index is 0.00122. The number of carbonyl (C=O) groups excluding carboxylic acids is 1. The molecule has 0 unspecified atom stereocenters. The number of phenols is 1. The summed E-state index contributed by atoms with van der Waals surface area (Å²) in [7, 11) is -2.95. The van der Waals surface area contributed by atoms with Gasteiger partial charge in [-0.2, -0.15) is 4.98 Å². The molecule has 1 amide bonds. The molecule has 1 aromatic carbocycles. The van der Waals surface area contributed by atoms with E-state index in [1.807, 2.05) is 0 Å². The molecule has 12 nitrogen and oxygen atoms in total. The Morgan fingerprint density at radius 2 is 1.95 bits per heavy atom. The third kappa shape index (κ3) is 4.86. The van der Waals surface area contributed by atoms with Crippen LogP contribution in [0.3, 0.4) is 0 Å². The molecule has 0 aliphatic carbocycles. The van der Waals surface area contributed by atoms with Crippen molar-refractivity contribution >= 4 is 32.8 Å². The van der Waals surface area contributed by atoms with Crippen LogP contribution >= 0.6 is 0 Å². The topological polar surface area (TPSA) is 151 Å². The van der Waals surface area contributed by atoms with Crippen LogP contribution < -0.4 is 15.3 Å². The van der Waals surface area contributed by atoms with Gasteiger partial charge in [-0.1, -0.05) is 12.6 Å². The molecule has 4 aromatic rings.